The summed E-state index contributed by atoms with van der Waals surface area (Å²) >= 11 is 3.12. The summed E-state index contributed by atoms with van der Waals surface area (Å²) in [6.45, 7) is 0.250. The molecule has 1 aromatic rings. The first kappa shape index (κ1) is 13.5. The lowest BCUT2D eigenvalue weighted by Crippen LogP contribution is -2.54. The standard InChI is InChI=1S/C12H9BrFN3O2/c13-8-1-2-10(9(14)7-8)17-6-5-16(4-3-15)11(18)12(17)19/h1-2,7H,4-6H2. The molecule has 1 fully saturated rings. The molecule has 7 heteroatoms. The molecule has 0 unspecified atom stereocenters. The molecule has 0 aromatic heterocycles. The normalized spacial score (nSPS) is 15.6. The molecular formula is C12H9BrFN3O2. The fourth-order valence-electron chi connectivity index (χ4n) is 1.84. The van der Waals surface area contributed by atoms with Gasteiger partial charge in [0.25, 0.3) is 0 Å². The Morgan fingerprint density at radius 3 is 2.68 bits per heavy atom. The van der Waals surface area contributed by atoms with E-state index in [1.54, 1.807) is 6.07 Å². The number of piperazine rings is 1. The predicted octanol–water partition coefficient (Wildman–Crippen LogP) is 1.29. The first-order chi connectivity index (χ1) is 9.04. The highest BCUT2D eigenvalue weighted by atomic mass is 79.9. The average molecular weight is 326 g/mol. The van der Waals surface area contributed by atoms with Crippen LogP contribution in [-0.2, 0) is 9.59 Å². The summed E-state index contributed by atoms with van der Waals surface area (Å²) in [6.07, 6.45) is 0. The first-order valence-corrected chi connectivity index (χ1v) is 6.26. The van der Waals surface area contributed by atoms with Crippen molar-refractivity contribution in [3.63, 3.8) is 0 Å². The number of nitrogens with zero attached hydrogens (tertiary/aromatic N) is 3. The highest BCUT2D eigenvalue weighted by Crippen LogP contribution is 2.24. The van der Waals surface area contributed by atoms with E-state index >= 15 is 0 Å². The van der Waals surface area contributed by atoms with Crippen LogP contribution in [0.3, 0.4) is 0 Å². The molecule has 0 aliphatic carbocycles. The van der Waals surface area contributed by atoms with Gasteiger partial charge < -0.3 is 4.90 Å². The highest BCUT2D eigenvalue weighted by molar-refractivity contribution is 9.10. The number of amides is 2. The van der Waals surface area contributed by atoms with Crippen LogP contribution in [0.15, 0.2) is 22.7 Å². The Labute approximate surface area is 117 Å². The van der Waals surface area contributed by atoms with Crippen LogP contribution in [0.1, 0.15) is 0 Å². The number of benzene rings is 1. The Bertz CT molecular complexity index is 585. The Morgan fingerprint density at radius 2 is 2.05 bits per heavy atom. The molecule has 1 aliphatic rings. The van der Waals surface area contributed by atoms with Gasteiger partial charge in [-0.3, -0.25) is 14.5 Å². The third kappa shape index (κ3) is 2.58. The van der Waals surface area contributed by atoms with Crippen LogP contribution in [0.5, 0.6) is 0 Å². The van der Waals surface area contributed by atoms with Gasteiger partial charge in [0.15, 0.2) is 0 Å². The maximum atomic E-state index is 13.8. The zero-order valence-electron chi connectivity index (χ0n) is 9.77. The van der Waals surface area contributed by atoms with E-state index in [0.717, 1.165) is 9.80 Å². The molecule has 5 nitrogen and oxygen atoms in total. The van der Waals surface area contributed by atoms with Crippen molar-refractivity contribution in [1.82, 2.24) is 4.90 Å². The lowest BCUT2D eigenvalue weighted by molar-refractivity contribution is -0.145. The Morgan fingerprint density at radius 1 is 1.32 bits per heavy atom. The molecule has 0 N–H and O–H groups in total. The lowest BCUT2D eigenvalue weighted by atomic mass is 10.2. The quantitative estimate of drug-likeness (QED) is 0.608. The Hall–Kier alpha value is -1.94. The molecular weight excluding hydrogens is 317 g/mol. The van der Waals surface area contributed by atoms with Crippen LogP contribution in [0.4, 0.5) is 10.1 Å². The van der Waals surface area contributed by atoms with Gasteiger partial charge in [-0.1, -0.05) is 15.9 Å². The SMILES string of the molecule is N#CCN1CCN(c2ccc(Br)cc2F)C(=O)C1=O. The minimum Gasteiger partial charge on any atom is -0.319 e. The second kappa shape index (κ2) is 5.36. The number of hydrogen-bond donors (Lipinski definition) is 0. The largest absolute Gasteiger partial charge is 0.319 e. The lowest BCUT2D eigenvalue weighted by Gasteiger charge is -2.32. The van der Waals surface area contributed by atoms with Crippen LogP contribution in [-0.4, -0.2) is 36.3 Å². The number of carbonyl (C=O) groups is 2. The zero-order valence-corrected chi connectivity index (χ0v) is 11.4. The number of carbonyl (C=O) groups excluding carboxylic acids is 2. The number of hydrogen-bond acceptors (Lipinski definition) is 3. The van der Waals surface area contributed by atoms with Crippen molar-refractivity contribution in [3.8, 4) is 6.07 Å². The molecule has 1 heterocycles. The molecule has 98 valence electrons. The number of anilines is 1. The molecule has 0 spiro atoms. The van der Waals surface area contributed by atoms with E-state index in [9.17, 15) is 14.0 Å². The van der Waals surface area contributed by atoms with E-state index in [1.807, 2.05) is 6.07 Å². The summed E-state index contributed by atoms with van der Waals surface area (Å²) in [5.74, 6) is -2.18. The molecule has 2 rings (SSSR count). The van der Waals surface area contributed by atoms with Crippen molar-refractivity contribution >= 4 is 33.4 Å². The summed E-state index contributed by atoms with van der Waals surface area (Å²) in [6, 6.07) is 6.08. The second-order valence-electron chi connectivity index (χ2n) is 3.94. The molecule has 2 amide bonds. The van der Waals surface area contributed by atoms with E-state index < -0.39 is 17.6 Å². The van der Waals surface area contributed by atoms with Crippen LogP contribution >= 0.6 is 15.9 Å². The number of rotatable bonds is 2. The fourth-order valence-corrected chi connectivity index (χ4v) is 2.17. The third-order valence-electron chi connectivity index (χ3n) is 2.77. The maximum Gasteiger partial charge on any atom is 0.316 e. The third-order valence-corrected chi connectivity index (χ3v) is 3.26. The predicted molar refractivity (Wildman–Crippen MR) is 68.6 cm³/mol. The van der Waals surface area contributed by atoms with Crippen LogP contribution in [0.25, 0.3) is 0 Å². The van der Waals surface area contributed by atoms with Gasteiger partial charge in [0.2, 0.25) is 0 Å². The van der Waals surface area contributed by atoms with Crippen molar-refractivity contribution in [2.75, 3.05) is 24.5 Å². The number of halogens is 2. The Balaban J connectivity index is 2.26. The van der Waals surface area contributed by atoms with Crippen molar-refractivity contribution in [1.29, 1.82) is 5.26 Å². The second-order valence-corrected chi connectivity index (χ2v) is 4.85. The highest BCUT2D eigenvalue weighted by Gasteiger charge is 2.34. The van der Waals surface area contributed by atoms with Crippen LogP contribution in [0.2, 0.25) is 0 Å². The molecule has 1 aromatic carbocycles. The van der Waals surface area contributed by atoms with E-state index in [-0.39, 0.29) is 25.3 Å². The molecule has 0 bridgehead atoms. The fraction of sp³-hybridized carbons (Fsp3) is 0.250. The molecule has 0 atom stereocenters. The van der Waals surface area contributed by atoms with Crippen LogP contribution < -0.4 is 4.90 Å². The van der Waals surface area contributed by atoms with Crippen molar-refractivity contribution < 1.29 is 14.0 Å². The van der Waals surface area contributed by atoms with Gasteiger partial charge in [-0.05, 0) is 18.2 Å². The summed E-state index contributed by atoms with van der Waals surface area (Å²) < 4.78 is 14.3. The maximum absolute atomic E-state index is 13.8. The van der Waals surface area contributed by atoms with E-state index in [0.29, 0.717) is 4.47 Å². The topological polar surface area (TPSA) is 64.4 Å². The summed E-state index contributed by atoms with van der Waals surface area (Å²) in [4.78, 5) is 25.9. The number of nitriles is 1. The molecule has 1 aliphatic heterocycles. The minimum atomic E-state index is -0.817. The van der Waals surface area contributed by atoms with E-state index in [2.05, 4.69) is 15.9 Å². The first-order valence-electron chi connectivity index (χ1n) is 5.47. The molecule has 0 saturated carbocycles. The minimum absolute atomic E-state index is 0.0677. The zero-order chi connectivity index (χ0) is 14.0. The monoisotopic (exact) mass is 325 g/mol. The van der Waals surface area contributed by atoms with Crippen LogP contribution in [0, 0.1) is 17.1 Å². The van der Waals surface area contributed by atoms with Gasteiger partial charge in [0.05, 0.1) is 11.8 Å². The van der Waals surface area contributed by atoms with Crippen molar-refractivity contribution in [2.24, 2.45) is 0 Å². The molecule has 1 saturated heterocycles. The average Bonchev–Trinajstić information content (AvgIpc) is 2.37. The van der Waals surface area contributed by atoms with Gasteiger partial charge in [-0.2, -0.15) is 5.26 Å². The van der Waals surface area contributed by atoms with Gasteiger partial charge in [0.1, 0.15) is 12.4 Å². The Kier molecular flexibility index (Phi) is 3.81. The smallest absolute Gasteiger partial charge is 0.316 e. The summed E-state index contributed by atoms with van der Waals surface area (Å²) in [7, 11) is 0. The van der Waals surface area contributed by atoms with Crippen molar-refractivity contribution in [3.05, 3.63) is 28.5 Å². The molecule has 19 heavy (non-hydrogen) atoms. The van der Waals surface area contributed by atoms with Gasteiger partial charge >= 0.3 is 11.8 Å². The van der Waals surface area contributed by atoms with E-state index in [4.69, 9.17) is 5.26 Å². The van der Waals surface area contributed by atoms with Crippen molar-refractivity contribution in [2.45, 2.75) is 0 Å². The molecule has 0 radical (unpaired) electrons. The van der Waals surface area contributed by atoms with Gasteiger partial charge in [-0.15, -0.1) is 0 Å². The van der Waals surface area contributed by atoms with Gasteiger partial charge in [-0.25, -0.2) is 4.39 Å². The summed E-state index contributed by atoms with van der Waals surface area (Å²) in [5, 5.41) is 8.55. The van der Waals surface area contributed by atoms with Gasteiger partial charge in [0, 0.05) is 17.6 Å². The summed E-state index contributed by atoms with van der Waals surface area (Å²) in [5.41, 5.74) is 0.0677. The van der Waals surface area contributed by atoms with E-state index in [1.165, 1.54) is 12.1 Å².